The van der Waals surface area contributed by atoms with Gasteiger partial charge in [0.2, 0.25) is 0 Å². The summed E-state index contributed by atoms with van der Waals surface area (Å²) in [4.78, 5) is 28.8. The average Bonchev–Trinajstić information content (AvgIpc) is 2.86. The van der Waals surface area contributed by atoms with E-state index in [0.717, 1.165) is 24.2 Å². The topological polar surface area (TPSA) is 61.9 Å². The number of hydrogen-bond acceptors (Lipinski definition) is 3. The number of ether oxygens (including phenoxy) is 1. The maximum absolute atomic E-state index is 12.8. The lowest BCUT2D eigenvalue weighted by Crippen LogP contribution is -2.49. The molecule has 2 aliphatic rings. The Labute approximate surface area is 149 Å². The third-order valence-electron chi connectivity index (χ3n) is 4.49. The van der Waals surface area contributed by atoms with E-state index in [2.05, 4.69) is 5.32 Å². The van der Waals surface area contributed by atoms with Crippen molar-refractivity contribution in [3.63, 3.8) is 0 Å². The molecule has 3 amide bonds. The van der Waals surface area contributed by atoms with Crippen molar-refractivity contribution in [3.8, 4) is 5.75 Å². The number of fused-ring (bicyclic) bond motifs is 1. The molecule has 1 fully saturated rings. The summed E-state index contributed by atoms with van der Waals surface area (Å²) in [6.45, 7) is 9.05. The van der Waals surface area contributed by atoms with Crippen molar-refractivity contribution in [2.45, 2.75) is 39.2 Å². The molecule has 1 aromatic carbocycles. The summed E-state index contributed by atoms with van der Waals surface area (Å²) >= 11 is 0. The van der Waals surface area contributed by atoms with Gasteiger partial charge in [0.05, 0.1) is 6.61 Å². The molecule has 6 heteroatoms. The number of carbonyl (C=O) groups is 2. The Balaban J connectivity index is 1.63. The maximum Gasteiger partial charge on any atom is 0.317 e. The predicted octanol–water partition coefficient (Wildman–Crippen LogP) is 2.28. The normalized spacial score (nSPS) is 17.6. The van der Waals surface area contributed by atoms with Gasteiger partial charge in [0.15, 0.2) is 0 Å². The van der Waals surface area contributed by atoms with Crippen molar-refractivity contribution in [3.05, 3.63) is 29.3 Å². The first-order valence-electron chi connectivity index (χ1n) is 8.95. The predicted molar refractivity (Wildman–Crippen MR) is 96.0 cm³/mol. The molecule has 1 N–H and O–H groups in total. The molecule has 0 aromatic heterocycles. The standard InChI is InChI=1S/C19H27N3O3/c1-19(2,3)20-18(24)22-9-4-8-21(10-11-22)17(23)15-5-6-16-14(13-15)7-12-25-16/h5-6,13H,4,7-12H2,1-3H3,(H,20,24). The first-order chi connectivity index (χ1) is 11.8. The van der Waals surface area contributed by atoms with Crippen LogP contribution in [0, 0.1) is 0 Å². The summed E-state index contributed by atoms with van der Waals surface area (Å²) in [5, 5.41) is 2.99. The SMILES string of the molecule is CC(C)(C)NC(=O)N1CCCN(C(=O)c2ccc3c(c2)CCO3)CC1. The van der Waals surface area contributed by atoms with E-state index < -0.39 is 0 Å². The van der Waals surface area contributed by atoms with E-state index in [1.54, 1.807) is 4.90 Å². The molecule has 3 rings (SSSR count). The number of nitrogens with one attached hydrogen (secondary N) is 1. The average molecular weight is 345 g/mol. The highest BCUT2D eigenvalue weighted by Gasteiger charge is 2.25. The van der Waals surface area contributed by atoms with Crippen molar-refractivity contribution in [2.24, 2.45) is 0 Å². The molecule has 25 heavy (non-hydrogen) atoms. The molecular weight excluding hydrogens is 318 g/mol. The molecule has 0 atom stereocenters. The third kappa shape index (κ3) is 4.24. The Kier molecular flexibility index (Phi) is 4.88. The molecule has 0 bridgehead atoms. The number of urea groups is 1. The molecule has 0 radical (unpaired) electrons. The van der Waals surface area contributed by atoms with Gasteiger partial charge in [-0.1, -0.05) is 0 Å². The minimum atomic E-state index is -0.259. The summed E-state index contributed by atoms with van der Waals surface area (Å²) in [7, 11) is 0. The monoisotopic (exact) mass is 345 g/mol. The van der Waals surface area contributed by atoms with Crippen LogP contribution in [0.2, 0.25) is 0 Å². The van der Waals surface area contributed by atoms with E-state index >= 15 is 0 Å². The van der Waals surface area contributed by atoms with E-state index in [0.29, 0.717) is 38.3 Å². The summed E-state index contributed by atoms with van der Waals surface area (Å²) in [5.41, 5.74) is 1.55. The molecule has 2 aliphatic heterocycles. The third-order valence-corrected chi connectivity index (χ3v) is 4.49. The summed E-state index contributed by atoms with van der Waals surface area (Å²) in [5.74, 6) is 0.922. The second-order valence-corrected chi connectivity index (χ2v) is 7.73. The van der Waals surface area contributed by atoms with Gasteiger partial charge >= 0.3 is 6.03 Å². The first-order valence-corrected chi connectivity index (χ1v) is 8.95. The summed E-state index contributed by atoms with van der Waals surface area (Å²) < 4.78 is 5.50. The molecule has 0 saturated carbocycles. The smallest absolute Gasteiger partial charge is 0.317 e. The highest BCUT2D eigenvalue weighted by molar-refractivity contribution is 5.94. The lowest BCUT2D eigenvalue weighted by atomic mass is 10.1. The fourth-order valence-electron chi connectivity index (χ4n) is 3.23. The number of carbonyl (C=O) groups excluding carboxylic acids is 2. The van der Waals surface area contributed by atoms with Gasteiger partial charge in [-0.05, 0) is 51.0 Å². The number of nitrogens with zero attached hydrogens (tertiary/aromatic N) is 2. The lowest BCUT2D eigenvalue weighted by Gasteiger charge is -2.27. The Hall–Kier alpha value is -2.24. The molecule has 0 spiro atoms. The van der Waals surface area contributed by atoms with Crippen molar-refractivity contribution < 1.29 is 14.3 Å². The minimum absolute atomic E-state index is 0.0350. The maximum atomic E-state index is 12.8. The molecule has 1 saturated heterocycles. The van der Waals surface area contributed by atoms with Crippen LogP contribution in [0.15, 0.2) is 18.2 Å². The van der Waals surface area contributed by atoms with E-state index in [1.165, 1.54) is 0 Å². The van der Waals surface area contributed by atoms with E-state index in [9.17, 15) is 9.59 Å². The molecule has 136 valence electrons. The van der Waals surface area contributed by atoms with Crippen LogP contribution in [0.3, 0.4) is 0 Å². The van der Waals surface area contributed by atoms with Gasteiger partial charge < -0.3 is 19.9 Å². The second-order valence-electron chi connectivity index (χ2n) is 7.73. The minimum Gasteiger partial charge on any atom is -0.493 e. The van der Waals surface area contributed by atoms with Gasteiger partial charge in [0, 0.05) is 43.7 Å². The van der Waals surface area contributed by atoms with Crippen molar-refractivity contribution in [2.75, 3.05) is 32.8 Å². The second kappa shape index (κ2) is 6.94. The summed E-state index contributed by atoms with van der Waals surface area (Å²) in [6.07, 6.45) is 1.65. The van der Waals surface area contributed by atoms with Gasteiger partial charge in [-0.25, -0.2) is 4.79 Å². The Bertz CT molecular complexity index is 666. The van der Waals surface area contributed by atoms with Crippen LogP contribution >= 0.6 is 0 Å². The van der Waals surface area contributed by atoms with Crippen molar-refractivity contribution >= 4 is 11.9 Å². The largest absolute Gasteiger partial charge is 0.493 e. The molecular formula is C19H27N3O3. The number of benzene rings is 1. The molecule has 1 aromatic rings. The van der Waals surface area contributed by atoms with Gasteiger partial charge in [0.25, 0.3) is 5.91 Å². The van der Waals surface area contributed by atoms with Crippen LogP contribution in [-0.4, -0.2) is 60.1 Å². The Morgan fingerprint density at radius 2 is 1.80 bits per heavy atom. The fraction of sp³-hybridized carbons (Fsp3) is 0.579. The first kappa shape index (κ1) is 17.6. The molecule has 6 nitrogen and oxygen atoms in total. The molecule has 0 aliphatic carbocycles. The van der Waals surface area contributed by atoms with Crippen LogP contribution in [0.4, 0.5) is 4.79 Å². The lowest BCUT2D eigenvalue weighted by molar-refractivity contribution is 0.0762. The Morgan fingerprint density at radius 3 is 2.56 bits per heavy atom. The van der Waals surface area contributed by atoms with E-state index in [4.69, 9.17) is 4.74 Å². The van der Waals surface area contributed by atoms with Crippen LogP contribution < -0.4 is 10.1 Å². The highest BCUT2D eigenvalue weighted by atomic mass is 16.5. The molecule has 0 unspecified atom stereocenters. The molecule has 2 heterocycles. The zero-order chi connectivity index (χ0) is 18.0. The quantitative estimate of drug-likeness (QED) is 0.849. The van der Waals surface area contributed by atoms with Gasteiger partial charge in [-0.15, -0.1) is 0 Å². The zero-order valence-corrected chi connectivity index (χ0v) is 15.3. The highest BCUT2D eigenvalue weighted by Crippen LogP contribution is 2.26. The van der Waals surface area contributed by atoms with Crippen molar-refractivity contribution in [1.82, 2.24) is 15.1 Å². The Morgan fingerprint density at radius 1 is 1.08 bits per heavy atom. The van der Waals surface area contributed by atoms with E-state index in [-0.39, 0.29) is 17.5 Å². The van der Waals surface area contributed by atoms with Crippen molar-refractivity contribution in [1.29, 1.82) is 0 Å². The van der Waals surface area contributed by atoms with Gasteiger partial charge in [-0.2, -0.15) is 0 Å². The zero-order valence-electron chi connectivity index (χ0n) is 15.3. The van der Waals surface area contributed by atoms with Gasteiger partial charge in [-0.3, -0.25) is 4.79 Å². The number of hydrogen-bond donors (Lipinski definition) is 1. The fourth-order valence-corrected chi connectivity index (χ4v) is 3.23. The van der Waals surface area contributed by atoms with Gasteiger partial charge in [0.1, 0.15) is 5.75 Å². The van der Waals surface area contributed by atoms with Crippen LogP contribution in [-0.2, 0) is 6.42 Å². The number of rotatable bonds is 1. The number of amides is 3. The van der Waals surface area contributed by atoms with Crippen LogP contribution in [0.25, 0.3) is 0 Å². The van der Waals surface area contributed by atoms with Crippen LogP contribution in [0.5, 0.6) is 5.75 Å². The van der Waals surface area contributed by atoms with E-state index in [1.807, 2.05) is 43.9 Å². The van der Waals surface area contributed by atoms with Crippen LogP contribution in [0.1, 0.15) is 43.1 Å². The summed E-state index contributed by atoms with van der Waals surface area (Å²) in [6, 6.07) is 5.61.